The highest BCUT2D eigenvalue weighted by Gasteiger charge is 2.32. The van der Waals surface area contributed by atoms with E-state index in [1.54, 1.807) is 0 Å². The first-order chi connectivity index (χ1) is 7.09. The zero-order valence-corrected chi connectivity index (χ0v) is 11.6. The van der Waals surface area contributed by atoms with Crippen LogP contribution in [0.4, 0.5) is 0 Å². The number of hydrogen-bond donors (Lipinski definition) is 0. The lowest BCUT2D eigenvalue weighted by molar-refractivity contribution is 0.180. The van der Waals surface area contributed by atoms with Crippen molar-refractivity contribution in [3.8, 4) is 0 Å². The molecule has 0 amide bonds. The molecule has 0 aromatic carbocycles. The van der Waals surface area contributed by atoms with Gasteiger partial charge in [-0.15, -0.1) is 0 Å². The SMILES string of the molecule is CC.CCN(CC)CC1(C)CCN(C)C1. The van der Waals surface area contributed by atoms with Crippen LogP contribution >= 0.6 is 0 Å². The molecule has 2 heteroatoms. The summed E-state index contributed by atoms with van der Waals surface area (Å²) in [5.41, 5.74) is 0.542. The average Bonchev–Trinajstić information content (AvgIpc) is 2.58. The lowest BCUT2D eigenvalue weighted by atomic mass is 9.89. The number of nitrogens with zero attached hydrogens (tertiary/aromatic N) is 2. The third-order valence-corrected chi connectivity index (χ3v) is 3.25. The molecule has 1 aliphatic heterocycles. The summed E-state index contributed by atoms with van der Waals surface area (Å²) >= 11 is 0. The number of rotatable bonds is 4. The fraction of sp³-hybridized carbons (Fsp3) is 1.00. The highest BCUT2D eigenvalue weighted by Crippen LogP contribution is 2.29. The Morgan fingerprint density at radius 3 is 2.07 bits per heavy atom. The van der Waals surface area contributed by atoms with Crippen molar-refractivity contribution >= 4 is 0 Å². The Balaban J connectivity index is 0.000000921. The van der Waals surface area contributed by atoms with E-state index in [4.69, 9.17) is 0 Å². The Morgan fingerprint density at radius 2 is 1.73 bits per heavy atom. The smallest absolute Gasteiger partial charge is 0.00478 e. The van der Waals surface area contributed by atoms with Gasteiger partial charge in [0.2, 0.25) is 0 Å². The van der Waals surface area contributed by atoms with Gasteiger partial charge < -0.3 is 9.80 Å². The molecule has 1 aliphatic rings. The van der Waals surface area contributed by atoms with Crippen LogP contribution in [0.1, 0.15) is 41.0 Å². The second-order valence-corrected chi connectivity index (χ2v) is 4.76. The minimum Gasteiger partial charge on any atom is -0.306 e. The summed E-state index contributed by atoms with van der Waals surface area (Å²) < 4.78 is 0. The molecule has 1 saturated heterocycles. The standard InChI is InChI=1S/C11H24N2.C2H6/c1-5-13(6-2)10-11(3)7-8-12(4)9-11;1-2/h5-10H2,1-4H3;1-2H3. The fourth-order valence-corrected chi connectivity index (χ4v) is 2.39. The molecular weight excluding hydrogens is 184 g/mol. The molecule has 0 saturated carbocycles. The van der Waals surface area contributed by atoms with Gasteiger partial charge in [-0.3, -0.25) is 0 Å². The van der Waals surface area contributed by atoms with E-state index in [-0.39, 0.29) is 0 Å². The summed E-state index contributed by atoms with van der Waals surface area (Å²) in [6.07, 6.45) is 1.36. The molecule has 0 aliphatic carbocycles. The molecule has 0 aromatic rings. The van der Waals surface area contributed by atoms with Crippen molar-refractivity contribution in [1.29, 1.82) is 0 Å². The summed E-state index contributed by atoms with van der Waals surface area (Å²) in [6, 6.07) is 0. The first-order valence-electron chi connectivity index (χ1n) is 6.50. The fourth-order valence-electron chi connectivity index (χ4n) is 2.39. The maximum absolute atomic E-state index is 2.54. The Hall–Kier alpha value is -0.0800. The maximum Gasteiger partial charge on any atom is 0.00478 e. The predicted octanol–water partition coefficient (Wildman–Crippen LogP) is 2.70. The van der Waals surface area contributed by atoms with Gasteiger partial charge in [0.15, 0.2) is 0 Å². The predicted molar refractivity (Wildman–Crippen MR) is 69.4 cm³/mol. The van der Waals surface area contributed by atoms with Crippen LogP contribution in [-0.2, 0) is 0 Å². The van der Waals surface area contributed by atoms with Gasteiger partial charge in [-0.2, -0.15) is 0 Å². The van der Waals surface area contributed by atoms with Crippen LogP contribution in [0.3, 0.4) is 0 Å². The van der Waals surface area contributed by atoms with Crippen LogP contribution in [0, 0.1) is 5.41 Å². The van der Waals surface area contributed by atoms with Crippen molar-refractivity contribution in [2.45, 2.75) is 41.0 Å². The molecular formula is C13H30N2. The van der Waals surface area contributed by atoms with E-state index in [1.807, 2.05) is 13.8 Å². The van der Waals surface area contributed by atoms with Crippen molar-refractivity contribution < 1.29 is 0 Å². The van der Waals surface area contributed by atoms with Gasteiger partial charge in [0.1, 0.15) is 0 Å². The first kappa shape index (κ1) is 14.9. The molecule has 1 heterocycles. The van der Waals surface area contributed by atoms with Gasteiger partial charge in [0.05, 0.1) is 0 Å². The lowest BCUT2D eigenvalue weighted by Crippen LogP contribution is -2.37. The molecule has 1 unspecified atom stereocenters. The van der Waals surface area contributed by atoms with Crippen molar-refractivity contribution in [2.75, 3.05) is 39.8 Å². The van der Waals surface area contributed by atoms with Gasteiger partial charge in [0.25, 0.3) is 0 Å². The molecule has 1 atom stereocenters. The quantitative estimate of drug-likeness (QED) is 0.710. The zero-order valence-electron chi connectivity index (χ0n) is 11.6. The summed E-state index contributed by atoms with van der Waals surface area (Å²) in [4.78, 5) is 4.99. The summed E-state index contributed by atoms with van der Waals surface area (Å²) in [7, 11) is 2.23. The molecule has 0 bridgehead atoms. The van der Waals surface area contributed by atoms with Gasteiger partial charge in [-0.05, 0) is 38.5 Å². The van der Waals surface area contributed by atoms with E-state index in [1.165, 1.54) is 39.1 Å². The Kier molecular flexibility index (Phi) is 7.20. The second-order valence-electron chi connectivity index (χ2n) is 4.76. The topological polar surface area (TPSA) is 6.48 Å². The minimum absolute atomic E-state index is 0.542. The van der Waals surface area contributed by atoms with E-state index in [9.17, 15) is 0 Å². The Labute approximate surface area is 96.6 Å². The molecule has 0 spiro atoms. The van der Waals surface area contributed by atoms with Crippen molar-refractivity contribution in [1.82, 2.24) is 9.80 Å². The molecule has 0 aromatic heterocycles. The highest BCUT2D eigenvalue weighted by molar-refractivity contribution is 4.87. The Bertz CT molecular complexity index is 155. The van der Waals surface area contributed by atoms with E-state index >= 15 is 0 Å². The Morgan fingerprint density at radius 1 is 1.20 bits per heavy atom. The van der Waals surface area contributed by atoms with Crippen LogP contribution in [0.2, 0.25) is 0 Å². The van der Waals surface area contributed by atoms with Gasteiger partial charge in [0, 0.05) is 13.1 Å². The molecule has 1 rings (SSSR count). The molecule has 0 radical (unpaired) electrons. The number of likely N-dealkylation sites (tertiary alicyclic amines) is 1. The van der Waals surface area contributed by atoms with Crippen LogP contribution < -0.4 is 0 Å². The third-order valence-electron chi connectivity index (χ3n) is 3.25. The van der Waals surface area contributed by atoms with E-state index in [2.05, 4.69) is 37.6 Å². The summed E-state index contributed by atoms with van der Waals surface area (Å²) in [5, 5.41) is 0. The maximum atomic E-state index is 2.54. The molecule has 1 fully saturated rings. The van der Waals surface area contributed by atoms with E-state index in [0.29, 0.717) is 5.41 Å². The van der Waals surface area contributed by atoms with Crippen LogP contribution in [-0.4, -0.2) is 49.6 Å². The molecule has 2 nitrogen and oxygen atoms in total. The monoisotopic (exact) mass is 214 g/mol. The summed E-state index contributed by atoms with van der Waals surface area (Å²) in [5.74, 6) is 0. The molecule has 92 valence electrons. The van der Waals surface area contributed by atoms with E-state index < -0.39 is 0 Å². The largest absolute Gasteiger partial charge is 0.306 e. The zero-order chi connectivity index (χ0) is 11.9. The van der Waals surface area contributed by atoms with Crippen molar-refractivity contribution in [3.05, 3.63) is 0 Å². The average molecular weight is 214 g/mol. The minimum atomic E-state index is 0.542. The number of hydrogen-bond acceptors (Lipinski definition) is 2. The van der Waals surface area contributed by atoms with Gasteiger partial charge >= 0.3 is 0 Å². The van der Waals surface area contributed by atoms with Crippen LogP contribution in [0.25, 0.3) is 0 Å². The van der Waals surface area contributed by atoms with Crippen LogP contribution in [0.15, 0.2) is 0 Å². The molecule has 15 heavy (non-hydrogen) atoms. The molecule has 0 N–H and O–H groups in total. The van der Waals surface area contributed by atoms with Crippen molar-refractivity contribution in [3.63, 3.8) is 0 Å². The van der Waals surface area contributed by atoms with Crippen molar-refractivity contribution in [2.24, 2.45) is 5.41 Å². The lowest BCUT2D eigenvalue weighted by Gasteiger charge is -2.30. The highest BCUT2D eigenvalue weighted by atomic mass is 15.2. The first-order valence-corrected chi connectivity index (χ1v) is 6.50. The summed E-state index contributed by atoms with van der Waals surface area (Å²) in [6.45, 7) is 17.1. The third kappa shape index (κ3) is 4.98. The van der Waals surface area contributed by atoms with Gasteiger partial charge in [-0.25, -0.2) is 0 Å². The van der Waals surface area contributed by atoms with Crippen LogP contribution in [0.5, 0.6) is 0 Å². The second kappa shape index (κ2) is 7.24. The normalized spacial score (nSPS) is 26.6. The van der Waals surface area contributed by atoms with E-state index in [0.717, 1.165) is 0 Å². The van der Waals surface area contributed by atoms with Gasteiger partial charge in [-0.1, -0.05) is 34.6 Å².